The van der Waals surface area contributed by atoms with E-state index >= 15 is 0 Å². The molecule has 3 rings (SSSR count). The number of carbonyl (C=O) groups is 2. The Balaban J connectivity index is 1.65. The molecule has 6 heteroatoms. The highest BCUT2D eigenvalue weighted by Gasteiger charge is 2.36. The van der Waals surface area contributed by atoms with Crippen molar-refractivity contribution in [2.45, 2.75) is 43.9 Å². The smallest absolute Gasteiger partial charge is 0.317 e. The van der Waals surface area contributed by atoms with Crippen LogP contribution >= 0.6 is 0 Å². The standard InChI is InChI=1S/C20H29N3O3/c1-26-17-8-6-16(7-9-17)20(10-2-3-11-20)14-22-19(25)23-12-4-5-15(13-23)18(21)24/h6-9,15H,2-5,10-14H2,1H3,(H2,21,24)(H,22,25)/t15-/m1/s1. The largest absolute Gasteiger partial charge is 0.497 e. The molecule has 1 aromatic carbocycles. The molecular weight excluding hydrogens is 330 g/mol. The van der Waals surface area contributed by atoms with Gasteiger partial charge in [0, 0.05) is 25.0 Å². The van der Waals surface area contributed by atoms with Crippen LogP contribution in [0.3, 0.4) is 0 Å². The Morgan fingerprint density at radius 1 is 1.23 bits per heavy atom. The minimum atomic E-state index is -0.312. The van der Waals surface area contributed by atoms with Gasteiger partial charge < -0.3 is 20.7 Å². The van der Waals surface area contributed by atoms with Crippen LogP contribution in [0.2, 0.25) is 0 Å². The minimum absolute atomic E-state index is 0.0131. The number of nitrogens with zero attached hydrogens (tertiary/aromatic N) is 1. The van der Waals surface area contributed by atoms with Gasteiger partial charge in [-0.1, -0.05) is 25.0 Å². The van der Waals surface area contributed by atoms with Gasteiger partial charge in [-0.15, -0.1) is 0 Å². The lowest BCUT2D eigenvalue weighted by Gasteiger charge is -2.34. The summed E-state index contributed by atoms with van der Waals surface area (Å²) < 4.78 is 5.26. The molecule has 26 heavy (non-hydrogen) atoms. The molecule has 1 saturated carbocycles. The Labute approximate surface area is 155 Å². The van der Waals surface area contributed by atoms with Crippen LogP contribution in [0.5, 0.6) is 5.75 Å². The lowest BCUT2D eigenvalue weighted by atomic mass is 9.79. The summed E-state index contributed by atoms with van der Waals surface area (Å²) in [6.45, 7) is 1.73. The zero-order valence-corrected chi connectivity index (χ0v) is 15.5. The van der Waals surface area contributed by atoms with Gasteiger partial charge in [0.05, 0.1) is 13.0 Å². The number of nitrogens with two attached hydrogens (primary N) is 1. The normalized spacial score (nSPS) is 22.0. The fraction of sp³-hybridized carbons (Fsp3) is 0.600. The Hall–Kier alpha value is -2.24. The highest BCUT2D eigenvalue weighted by Crippen LogP contribution is 2.41. The molecule has 1 aliphatic heterocycles. The first-order chi connectivity index (χ1) is 12.5. The van der Waals surface area contributed by atoms with Crippen LogP contribution in [0.15, 0.2) is 24.3 Å². The molecular formula is C20H29N3O3. The van der Waals surface area contributed by atoms with E-state index in [1.807, 2.05) is 12.1 Å². The van der Waals surface area contributed by atoms with Gasteiger partial charge in [-0.3, -0.25) is 4.79 Å². The van der Waals surface area contributed by atoms with Crippen molar-refractivity contribution in [3.05, 3.63) is 29.8 Å². The fourth-order valence-corrected chi connectivity index (χ4v) is 4.31. The zero-order valence-electron chi connectivity index (χ0n) is 15.5. The monoisotopic (exact) mass is 359 g/mol. The van der Waals surface area contributed by atoms with E-state index in [-0.39, 0.29) is 23.3 Å². The van der Waals surface area contributed by atoms with E-state index in [1.54, 1.807) is 12.0 Å². The molecule has 2 fully saturated rings. The highest BCUT2D eigenvalue weighted by molar-refractivity contribution is 5.79. The van der Waals surface area contributed by atoms with Gasteiger partial charge in [-0.2, -0.15) is 0 Å². The minimum Gasteiger partial charge on any atom is -0.497 e. The van der Waals surface area contributed by atoms with Crippen LogP contribution in [-0.2, 0) is 10.2 Å². The van der Waals surface area contributed by atoms with Gasteiger partial charge in [-0.05, 0) is 43.4 Å². The number of ether oxygens (including phenoxy) is 1. The second kappa shape index (κ2) is 7.98. The SMILES string of the molecule is COc1ccc(C2(CNC(=O)N3CCC[C@@H](C(N)=O)C3)CCCC2)cc1. The van der Waals surface area contributed by atoms with Crippen molar-refractivity contribution in [1.29, 1.82) is 0 Å². The zero-order chi connectivity index (χ0) is 18.6. The van der Waals surface area contributed by atoms with Crippen LogP contribution in [0.25, 0.3) is 0 Å². The first-order valence-corrected chi connectivity index (χ1v) is 9.51. The van der Waals surface area contributed by atoms with Gasteiger partial charge in [0.1, 0.15) is 5.75 Å². The molecule has 1 aromatic rings. The van der Waals surface area contributed by atoms with E-state index in [1.165, 1.54) is 18.4 Å². The summed E-state index contributed by atoms with van der Waals surface area (Å²) in [4.78, 5) is 25.8. The first kappa shape index (κ1) is 18.5. The van der Waals surface area contributed by atoms with E-state index in [4.69, 9.17) is 10.5 Å². The number of piperidine rings is 1. The van der Waals surface area contributed by atoms with E-state index in [2.05, 4.69) is 17.4 Å². The van der Waals surface area contributed by atoms with Gasteiger partial charge in [0.2, 0.25) is 5.91 Å². The molecule has 0 unspecified atom stereocenters. The number of amides is 3. The molecule has 0 spiro atoms. The van der Waals surface area contributed by atoms with Gasteiger partial charge in [0.25, 0.3) is 0 Å². The number of likely N-dealkylation sites (tertiary alicyclic amines) is 1. The quantitative estimate of drug-likeness (QED) is 0.847. The number of urea groups is 1. The molecule has 3 N–H and O–H groups in total. The molecule has 1 atom stereocenters. The van der Waals surface area contributed by atoms with Crippen molar-refractivity contribution in [1.82, 2.24) is 10.2 Å². The van der Waals surface area contributed by atoms with Crippen molar-refractivity contribution in [3.63, 3.8) is 0 Å². The second-order valence-electron chi connectivity index (χ2n) is 7.56. The average Bonchev–Trinajstić information content (AvgIpc) is 3.16. The number of nitrogens with one attached hydrogen (secondary N) is 1. The lowest BCUT2D eigenvalue weighted by Crippen LogP contribution is -2.50. The van der Waals surface area contributed by atoms with Crippen molar-refractivity contribution in [2.75, 3.05) is 26.7 Å². The molecule has 0 aromatic heterocycles. The van der Waals surface area contributed by atoms with Crippen molar-refractivity contribution >= 4 is 11.9 Å². The molecule has 3 amide bonds. The summed E-state index contributed by atoms with van der Waals surface area (Å²) in [6, 6.07) is 8.11. The molecule has 1 saturated heterocycles. The van der Waals surface area contributed by atoms with Crippen LogP contribution in [-0.4, -0.2) is 43.6 Å². The summed E-state index contributed by atoms with van der Waals surface area (Å²) in [5.74, 6) is 0.307. The van der Waals surface area contributed by atoms with Crippen LogP contribution in [0.4, 0.5) is 4.79 Å². The molecule has 1 aliphatic carbocycles. The van der Waals surface area contributed by atoms with Gasteiger partial charge in [0.15, 0.2) is 0 Å². The third-order valence-electron chi connectivity index (χ3n) is 5.95. The van der Waals surface area contributed by atoms with E-state index in [9.17, 15) is 9.59 Å². The highest BCUT2D eigenvalue weighted by atomic mass is 16.5. The predicted octanol–water partition coefficient (Wildman–Crippen LogP) is 2.41. The second-order valence-corrected chi connectivity index (χ2v) is 7.56. The maximum absolute atomic E-state index is 12.6. The summed E-state index contributed by atoms with van der Waals surface area (Å²) >= 11 is 0. The number of hydrogen-bond acceptors (Lipinski definition) is 3. The molecule has 0 bridgehead atoms. The van der Waals surface area contributed by atoms with E-state index in [0.717, 1.165) is 31.4 Å². The number of primary amides is 1. The van der Waals surface area contributed by atoms with E-state index in [0.29, 0.717) is 19.6 Å². The number of carbonyl (C=O) groups excluding carboxylic acids is 2. The summed E-state index contributed by atoms with van der Waals surface area (Å²) in [5.41, 5.74) is 6.66. The Morgan fingerprint density at radius 2 is 1.92 bits per heavy atom. The van der Waals surface area contributed by atoms with Crippen LogP contribution in [0.1, 0.15) is 44.1 Å². The Morgan fingerprint density at radius 3 is 2.54 bits per heavy atom. The first-order valence-electron chi connectivity index (χ1n) is 9.51. The Kier molecular flexibility index (Phi) is 5.69. The molecule has 2 aliphatic rings. The number of rotatable bonds is 5. The molecule has 6 nitrogen and oxygen atoms in total. The third kappa shape index (κ3) is 3.94. The van der Waals surface area contributed by atoms with Crippen LogP contribution in [0, 0.1) is 5.92 Å². The van der Waals surface area contributed by atoms with Gasteiger partial charge in [-0.25, -0.2) is 4.79 Å². The number of hydrogen-bond donors (Lipinski definition) is 2. The molecule has 0 radical (unpaired) electrons. The predicted molar refractivity (Wildman–Crippen MR) is 100 cm³/mol. The van der Waals surface area contributed by atoms with Crippen LogP contribution < -0.4 is 15.8 Å². The van der Waals surface area contributed by atoms with Crippen molar-refractivity contribution in [3.8, 4) is 5.75 Å². The maximum Gasteiger partial charge on any atom is 0.317 e. The van der Waals surface area contributed by atoms with Crippen molar-refractivity contribution < 1.29 is 14.3 Å². The molecule has 1 heterocycles. The summed E-state index contributed by atoms with van der Waals surface area (Å²) in [7, 11) is 1.67. The fourth-order valence-electron chi connectivity index (χ4n) is 4.31. The third-order valence-corrected chi connectivity index (χ3v) is 5.95. The summed E-state index contributed by atoms with van der Waals surface area (Å²) in [5, 5.41) is 3.13. The number of benzene rings is 1. The topological polar surface area (TPSA) is 84.7 Å². The lowest BCUT2D eigenvalue weighted by molar-refractivity contribution is -0.123. The summed E-state index contributed by atoms with van der Waals surface area (Å²) in [6.07, 6.45) is 6.09. The average molecular weight is 359 g/mol. The van der Waals surface area contributed by atoms with E-state index < -0.39 is 0 Å². The molecule has 142 valence electrons. The van der Waals surface area contributed by atoms with Gasteiger partial charge >= 0.3 is 6.03 Å². The maximum atomic E-state index is 12.6. The number of methoxy groups -OCH3 is 1. The van der Waals surface area contributed by atoms with Crippen molar-refractivity contribution in [2.24, 2.45) is 11.7 Å². The Bertz CT molecular complexity index is 638.